The fourth-order valence-electron chi connectivity index (χ4n) is 3.40. The average molecular weight is 455 g/mol. The maximum Gasteiger partial charge on any atom is 0.260 e. The second kappa shape index (κ2) is 9.41. The summed E-state index contributed by atoms with van der Waals surface area (Å²) in [5.74, 6) is 0.279. The topological polar surface area (TPSA) is 58.6 Å². The van der Waals surface area contributed by atoms with E-state index in [2.05, 4.69) is 5.32 Å². The molecule has 1 heterocycles. The van der Waals surface area contributed by atoms with Crippen LogP contribution in [-0.2, 0) is 17.8 Å². The third kappa shape index (κ3) is 5.19. The van der Waals surface area contributed by atoms with Gasteiger partial charge in [-0.15, -0.1) is 0 Å². The molecule has 0 bridgehead atoms. The summed E-state index contributed by atoms with van der Waals surface area (Å²) >= 11 is 11.9. The number of nitrogens with zero attached hydrogens (tertiary/aromatic N) is 1. The Balaban J connectivity index is 1.48. The summed E-state index contributed by atoms with van der Waals surface area (Å²) in [5, 5.41) is 3.57. The van der Waals surface area contributed by atoms with Crippen LogP contribution in [0.4, 0.5) is 5.69 Å². The van der Waals surface area contributed by atoms with Crippen molar-refractivity contribution in [1.82, 2.24) is 4.90 Å². The van der Waals surface area contributed by atoms with Gasteiger partial charge in [-0.05, 0) is 48.4 Å². The number of nitrogens with one attached hydrogen (secondary N) is 1. The molecule has 0 saturated carbocycles. The van der Waals surface area contributed by atoms with E-state index in [0.717, 1.165) is 12.0 Å². The number of hydrogen-bond donors (Lipinski definition) is 1. The van der Waals surface area contributed by atoms with Gasteiger partial charge in [-0.3, -0.25) is 9.59 Å². The highest BCUT2D eigenvalue weighted by Crippen LogP contribution is 2.28. The molecule has 0 spiro atoms. The molecule has 0 fully saturated rings. The van der Waals surface area contributed by atoms with Gasteiger partial charge in [-0.1, -0.05) is 53.5 Å². The quantitative estimate of drug-likeness (QED) is 0.575. The van der Waals surface area contributed by atoms with Crippen molar-refractivity contribution in [2.24, 2.45) is 0 Å². The molecular formula is C24H20Cl2N2O3. The number of rotatable bonds is 5. The molecule has 3 aromatic carbocycles. The molecule has 2 amide bonds. The van der Waals surface area contributed by atoms with Crippen LogP contribution in [0.3, 0.4) is 0 Å². The number of halogens is 2. The Labute approximate surface area is 190 Å². The lowest BCUT2D eigenvalue weighted by atomic mass is 10.1. The number of ether oxygens (including phenoxy) is 1. The Morgan fingerprint density at radius 1 is 1.00 bits per heavy atom. The molecule has 1 aliphatic heterocycles. The summed E-state index contributed by atoms with van der Waals surface area (Å²) < 4.78 is 5.68. The van der Waals surface area contributed by atoms with Crippen molar-refractivity contribution >= 4 is 40.7 Å². The molecule has 3 aromatic rings. The van der Waals surface area contributed by atoms with Gasteiger partial charge in [-0.25, -0.2) is 0 Å². The monoisotopic (exact) mass is 454 g/mol. The number of amides is 2. The van der Waals surface area contributed by atoms with Gasteiger partial charge >= 0.3 is 0 Å². The van der Waals surface area contributed by atoms with E-state index in [-0.39, 0.29) is 18.4 Å². The highest BCUT2D eigenvalue weighted by Gasteiger charge is 2.22. The zero-order valence-corrected chi connectivity index (χ0v) is 18.1. The first-order valence-corrected chi connectivity index (χ1v) is 10.6. The van der Waals surface area contributed by atoms with Crippen molar-refractivity contribution in [1.29, 1.82) is 0 Å². The SMILES string of the molecule is O=C(Nc1ccc2c(c1)CN(CCc1ccccc1)C(=O)CO2)c1ccc(Cl)c(Cl)c1. The molecule has 1 N–H and O–H groups in total. The van der Waals surface area contributed by atoms with Crippen LogP contribution in [0.5, 0.6) is 5.75 Å². The van der Waals surface area contributed by atoms with Crippen molar-refractivity contribution < 1.29 is 14.3 Å². The molecule has 0 radical (unpaired) electrons. The van der Waals surface area contributed by atoms with Crippen molar-refractivity contribution in [3.63, 3.8) is 0 Å². The second-order valence-corrected chi connectivity index (χ2v) is 8.06. The Kier molecular flexibility index (Phi) is 6.44. The van der Waals surface area contributed by atoms with Crippen LogP contribution in [0.25, 0.3) is 0 Å². The van der Waals surface area contributed by atoms with Crippen LogP contribution < -0.4 is 10.1 Å². The molecule has 0 saturated heterocycles. The summed E-state index contributed by atoms with van der Waals surface area (Å²) in [6, 6.07) is 20.1. The van der Waals surface area contributed by atoms with E-state index in [1.54, 1.807) is 29.2 Å². The lowest BCUT2D eigenvalue weighted by Gasteiger charge is -2.20. The second-order valence-electron chi connectivity index (χ2n) is 7.25. The van der Waals surface area contributed by atoms with Gasteiger partial charge in [0.1, 0.15) is 5.75 Å². The zero-order chi connectivity index (χ0) is 21.8. The fraction of sp³-hybridized carbons (Fsp3) is 0.167. The fourth-order valence-corrected chi connectivity index (χ4v) is 3.70. The van der Waals surface area contributed by atoms with Crippen LogP contribution in [0.1, 0.15) is 21.5 Å². The minimum Gasteiger partial charge on any atom is -0.483 e. The summed E-state index contributed by atoms with van der Waals surface area (Å²) in [7, 11) is 0. The average Bonchev–Trinajstić information content (AvgIpc) is 2.93. The third-order valence-corrected chi connectivity index (χ3v) is 5.82. The van der Waals surface area contributed by atoms with Gasteiger partial charge < -0.3 is 15.0 Å². The molecule has 0 aliphatic carbocycles. The summed E-state index contributed by atoms with van der Waals surface area (Å²) in [5.41, 5.74) is 3.02. The minimum atomic E-state index is -0.301. The van der Waals surface area contributed by atoms with E-state index in [0.29, 0.717) is 40.1 Å². The minimum absolute atomic E-state index is 0.00321. The van der Waals surface area contributed by atoms with E-state index >= 15 is 0 Å². The first-order chi connectivity index (χ1) is 15.0. The Hall–Kier alpha value is -3.02. The Morgan fingerprint density at radius 3 is 2.58 bits per heavy atom. The van der Waals surface area contributed by atoms with Crippen molar-refractivity contribution in [3.8, 4) is 5.75 Å². The number of anilines is 1. The highest BCUT2D eigenvalue weighted by molar-refractivity contribution is 6.42. The Bertz CT molecular complexity index is 1120. The largest absolute Gasteiger partial charge is 0.483 e. The van der Waals surface area contributed by atoms with Gasteiger partial charge in [-0.2, -0.15) is 0 Å². The van der Waals surface area contributed by atoms with E-state index in [1.807, 2.05) is 36.4 Å². The molecule has 0 atom stereocenters. The third-order valence-electron chi connectivity index (χ3n) is 5.08. The van der Waals surface area contributed by atoms with E-state index < -0.39 is 0 Å². The number of carbonyl (C=O) groups is 2. The first-order valence-electron chi connectivity index (χ1n) is 9.83. The van der Waals surface area contributed by atoms with Crippen molar-refractivity contribution in [2.75, 3.05) is 18.5 Å². The molecule has 0 unspecified atom stereocenters. The van der Waals surface area contributed by atoms with Gasteiger partial charge in [0.15, 0.2) is 6.61 Å². The predicted molar refractivity (Wildman–Crippen MR) is 122 cm³/mol. The lowest BCUT2D eigenvalue weighted by Crippen LogP contribution is -2.34. The molecule has 1 aliphatic rings. The van der Waals surface area contributed by atoms with Gasteiger partial charge in [0, 0.05) is 29.9 Å². The van der Waals surface area contributed by atoms with Crippen LogP contribution in [0.2, 0.25) is 10.0 Å². The van der Waals surface area contributed by atoms with E-state index in [1.165, 1.54) is 11.6 Å². The molecule has 0 aromatic heterocycles. The van der Waals surface area contributed by atoms with Gasteiger partial charge in [0.25, 0.3) is 11.8 Å². The first kappa shape index (κ1) is 21.2. The number of carbonyl (C=O) groups excluding carboxylic acids is 2. The van der Waals surface area contributed by atoms with Crippen LogP contribution in [0, 0.1) is 0 Å². The van der Waals surface area contributed by atoms with Crippen molar-refractivity contribution in [2.45, 2.75) is 13.0 Å². The van der Waals surface area contributed by atoms with Crippen LogP contribution in [-0.4, -0.2) is 29.9 Å². The van der Waals surface area contributed by atoms with Crippen molar-refractivity contribution in [3.05, 3.63) is 93.5 Å². The molecule has 31 heavy (non-hydrogen) atoms. The smallest absolute Gasteiger partial charge is 0.260 e. The molecule has 5 nitrogen and oxygen atoms in total. The number of hydrogen-bond acceptors (Lipinski definition) is 3. The normalized spacial score (nSPS) is 13.2. The van der Waals surface area contributed by atoms with Gasteiger partial charge in [0.2, 0.25) is 0 Å². The number of benzene rings is 3. The standard InChI is InChI=1S/C24H20Cl2N2O3/c25-20-8-6-17(13-21(20)26)24(30)27-19-7-9-22-18(12-19)14-28(23(29)15-31-22)11-10-16-4-2-1-3-5-16/h1-9,12-13H,10-11,14-15H2,(H,27,30). The van der Waals surface area contributed by atoms with Crippen LogP contribution >= 0.6 is 23.2 Å². The van der Waals surface area contributed by atoms with E-state index in [4.69, 9.17) is 27.9 Å². The lowest BCUT2D eigenvalue weighted by molar-refractivity contribution is -0.133. The summed E-state index contributed by atoms with van der Waals surface area (Å²) in [4.78, 5) is 26.9. The molecular weight excluding hydrogens is 435 g/mol. The highest BCUT2D eigenvalue weighted by atomic mass is 35.5. The van der Waals surface area contributed by atoms with Gasteiger partial charge in [0.05, 0.1) is 10.0 Å². The van der Waals surface area contributed by atoms with E-state index in [9.17, 15) is 9.59 Å². The maximum absolute atomic E-state index is 12.6. The number of fused-ring (bicyclic) bond motifs is 1. The maximum atomic E-state index is 12.6. The molecule has 4 rings (SSSR count). The predicted octanol–water partition coefficient (Wildman–Crippen LogP) is 5.21. The molecule has 7 heteroatoms. The summed E-state index contributed by atoms with van der Waals surface area (Å²) in [6.45, 7) is 1.000. The molecule has 158 valence electrons. The zero-order valence-electron chi connectivity index (χ0n) is 16.6. The summed E-state index contributed by atoms with van der Waals surface area (Å²) in [6.07, 6.45) is 0.760. The Morgan fingerprint density at radius 2 is 1.81 bits per heavy atom. The van der Waals surface area contributed by atoms with Crippen LogP contribution in [0.15, 0.2) is 66.7 Å².